The van der Waals surface area contributed by atoms with E-state index < -0.39 is 0 Å². The average molecular weight is 857 g/mol. The minimum absolute atomic E-state index is 0.0291. The minimum atomic E-state index is 0.0291. The first-order valence-electron chi connectivity index (χ1n) is 23.9. The lowest BCUT2D eigenvalue weighted by molar-refractivity contribution is 0.00124. The Labute approximate surface area is 369 Å². The van der Waals surface area contributed by atoms with E-state index in [-0.39, 0.29) is 41.9 Å². The predicted molar refractivity (Wildman–Crippen MR) is 237 cm³/mol. The second-order valence-electron chi connectivity index (χ2n) is 21.0. The standard InChI is InChI=1S/C49H52N12O3/c62-47(44-31-3-1-2-4-36(31)50-53-44)59-19-27-9-12-57-23-42(59)32(27)15-39(57)25-5-7-37-34(13-25)46(55-51-37)49(64)61-21-29-18-58-24-43(61)33(29)16-40(58)26-6-8-38-35(14-26)45(54-52-38)48(63)60-20-28-17-56-11-10-30(28)41(60)22-56/h1-8,13-14,27-30,32-33,39-43H,9-12,15-24H2,(H,50,53)(H,51,55)(H,52,54)/t27?,28-,29+,30?,32?,33?,39?,40?,41?,42?,43?/m0/s1. The molecular formula is C49H52N12O3. The molecule has 64 heavy (non-hydrogen) atoms. The van der Waals surface area contributed by atoms with Crippen LogP contribution in [0.15, 0.2) is 60.7 Å². The van der Waals surface area contributed by atoms with Crippen molar-refractivity contribution < 1.29 is 14.4 Å². The molecule has 3 aromatic heterocycles. The number of aromatic nitrogens is 6. The molecule has 12 bridgehead atoms. The van der Waals surface area contributed by atoms with E-state index in [0.29, 0.717) is 58.6 Å². The Bertz CT molecular complexity index is 2960. The van der Waals surface area contributed by atoms with Crippen molar-refractivity contribution in [1.82, 2.24) is 60.0 Å². The minimum Gasteiger partial charge on any atom is -0.332 e. The van der Waals surface area contributed by atoms with E-state index in [1.165, 1.54) is 24.1 Å². The SMILES string of the molecule is O=C(c1n[nH]c2ccccc12)N1CC2CCN3CC1C2CC3c1ccc2[nH]nc(C(=O)N3C[C@H]4C[N@@]5CC3C4CC5c3ccc4[nH]nc(C(=O)N5C[C@@H]6C[N@@]7CCC6C5C7)c4c3)c2c1. The lowest BCUT2D eigenvalue weighted by atomic mass is 9.74. The summed E-state index contributed by atoms with van der Waals surface area (Å²) in [5.74, 6) is 3.09. The Hall–Kier alpha value is -5.64. The monoisotopic (exact) mass is 856 g/mol. The molecule has 0 radical (unpaired) electrons. The van der Waals surface area contributed by atoms with Gasteiger partial charge in [0.25, 0.3) is 17.7 Å². The van der Waals surface area contributed by atoms with Gasteiger partial charge in [0.2, 0.25) is 0 Å². The summed E-state index contributed by atoms with van der Waals surface area (Å²) in [6.07, 6.45) is 4.26. The van der Waals surface area contributed by atoms with Gasteiger partial charge in [0.1, 0.15) is 0 Å². The first-order chi connectivity index (χ1) is 31.4. The average Bonchev–Trinajstić information content (AvgIpc) is 4.17. The lowest BCUT2D eigenvalue weighted by Gasteiger charge is -2.50. The molecule has 15 heteroatoms. The number of rotatable bonds is 5. The summed E-state index contributed by atoms with van der Waals surface area (Å²) in [4.78, 5) is 57.0. The van der Waals surface area contributed by atoms with E-state index in [1.54, 1.807) is 0 Å². The van der Waals surface area contributed by atoms with E-state index >= 15 is 0 Å². The molecule has 3 N–H and O–H groups in total. The number of aromatic amines is 3. The van der Waals surface area contributed by atoms with Crippen LogP contribution in [0.3, 0.4) is 0 Å². The number of para-hydroxylation sites is 1. The third kappa shape index (κ3) is 5.08. The number of hydrogen-bond acceptors (Lipinski definition) is 9. The van der Waals surface area contributed by atoms with Crippen LogP contribution in [0.5, 0.6) is 0 Å². The number of carbonyl (C=O) groups excluding carboxylic acids is 3. The number of carbonyl (C=O) groups is 3. The fraction of sp³-hybridized carbons (Fsp3) is 0.510. The van der Waals surface area contributed by atoms with E-state index in [1.807, 2.05) is 24.3 Å². The molecule has 326 valence electrons. The van der Waals surface area contributed by atoms with Crippen molar-refractivity contribution in [2.75, 3.05) is 65.4 Å². The summed E-state index contributed by atoms with van der Waals surface area (Å²) in [5, 5.41) is 26.0. The number of fused-ring (bicyclic) bond motifs is 7. The Kier molecular flexibility index (Phi) is 7.58. The van der Waals surface area contributed by atoms with Crippen molar-refractivity contribution in [2.24, 2.45) is 35.5 Å². The van der Waals surface area contributed by atoms with Crippen molar-refractivity contribution >= 4 is 50.4 Å². The first-order valence-corrected chi connectivity index (χ1v) is 23.9. The van der Waals surface area contributed by atoms with Crippen molar-refractivity contribution in [3.8, 4) is 0 Å². The molecule has 3 amide bonds. The zero-order valence-corrected chi connectivity index (χ0v) is 35.8. The number of piperidine rings is 7. The molecule has 12 aliphatic rings. The van der Waals surface area contributed by atoms with Gasteiger partial charge < -0.3 is 19.6 Å². The van der Waals surface area contributed by atoms with Crippen LogP contribution in [0, 0.1) is 35.5 Å². The number of hydrogen-bond donors (Lipinski definition) is 3. The maximum absolute atomic E-state index is 14.7. The molecule has 18 rings (SSSR count). The summed E-state index contributed by atoms with van der Waals surface area (Å²) >= 11 is 0. The fourth-order valence-electron chi connectivity index (χ4n) is 15.3. The fourth-order valence-corrected chi connectivity index (χ4v) is 15.3. The van der Waals surface area contributed by atoms with Gasteiger partial charge in [-0.25, -0.2) is 0 Å². The Balaban J connectivity index is 0.656. The van der Waals surface area contributed by atoms with Crippen LogP contribution in [-0.2, 0) is 0 Å². The third-order valence-corrected chi connectivity index (χ3v) is 18.3. The van der Waals surface area contributed by atoms with Crippen LogP contribution in [0.25, 0.3) is 32.7 Å². The first kappa shape index (κ1) is 36.7. The zero-order valence-electron chi connectivity index (χ0n) is 35.8. The summed E-state index contributed by atoms with van der Waals surface area (Å²) in [6, 6.07) is 22.1. The molecule has 15 nitrogen and oxygen atoms in total. The van der Waals surface area contributed by atoms with Gasteiger partial charge >= 0.3 is 0 Å². The van der Waals surface area contributed by atoms with Crippen molar-refractivity contribution in [3.05, 3.63) is 88.9 Å². The molecule has 15 heterocycles. The summed E-state index contributed by atoms with van der Waals surface area (Å²) in [7, 11) is 0. The molecule has 0 saturated carbocycles. The second kappa shape index (κ2) is 13.2. The van der Waals surface area contributed by atoms with Gasteiger partial charge in [0.15, 0.2) is 17.1 Å². The number of nitrogens with one attached hydrogen (secondary N) is 3. The Morgan fingerprint density at radius 2 is 1.02 bits per heavy atom. The molecule has 12 fully saturated rings. The van der Waals surface area contributed by atoms with Crippen molar-refractivity contribution in [3.63, 3.8) is 0 Å². The smallest absolute Gasteiger partial charge is 0.275 e. The number of benzene rings is 3. The largest absolute Gasteiger partial charge is 0.332 e. The van der Waals surface area contributed by atoms with Gasteiger partial charge in [-0.2, -0.15) is 15.3 Å². The van der Waals surface area contributed by atoms with Gasteiger partial charge in [-0.3, -0.25) is 39.5 Å². The van der Waals surface area contributed by atoms with Gasteiger partial charge in [-0.05, 0) is 116 Å². The molecule has 0 spiro atoms. The highest BCUT2D eigenvalue weighted by Gasteiger charge is 2.56. The van der Waals surface area contributed by atoms with E-state index in [2.05, 4.69) is 91.3 Å². The maximum atomic E-state index is 14.7. The van der Waals surface area contributed by atoms with Gasteiger partial charge in [0.05, 0.1) is 16.6 Å². The molecule has 0 aliphatic carbocycles. The van der Waals surface area contributed by atoms with Crippen molar-refractivity contribution in [2.45, 2.75) is 55.9 Å². The van der Waals surface area contributed by atoms with Gasteiger partial charge in [-0.15, -0.1) is 0 Å². The number of nitrogens with zero attached hydrogens (tertiary/aromatic N) is 9. The van der Waals surface area contributed by atoms with Crippen LogP contribution in [0.4, 0.5) is 0 Å². The van der Waals surface area contributed by atoms with Crippen LogP contribution < -0.4 is 0 Å². The maximum Gasteiger partial charge on any atom is 0.275 e. The van der Waals surface area contributed by atoms with Crippen LogP contribution >= 0.6 is 0 Å². The molecule has 14 atom stereocenters. The molecule has 3 aromatic carbocycles. The highest BCUT2D eigenvalue weighted by atomic mass is 16.2. The van der Waals surface area contributed by atoms with E-state index in [9.17, 15) is 14.4 Å². The summed E-state index contributed by atoms with van der Waals surface area (Å²) < 4.78 is 0. The normalized spacial score (nSPS) is 36.6. The highest BCUT2D eigenvalue weighted by molar-refractivity contribution is 6.07. The molecule has 12 aliphatic heterocycles. The molecular weight excluding hydrogens is 805 g/mol. The number of likely N-dealkylation sites (tertiary alicyclic amines) is 3. The number of amides is 3. The highest BCUT2D eigenvalue weighted by Crippen LogP contribution is 2.51. The predicted octanol–water partition coefficient (Wildman–Crippen LogP) is 4.52. The molecule has 10 unspecified atom stereocenters. The van der Waals surface area contributed by atoms with E-state index in [0.717, 1.165) is 111 Å². The summed E-state index contributed by atoms with van der Waals surface area (Å²) in [6.45, 7) is 9.33. The van der Waals surface area contributed by atoms with Crippen molar-refractivity contribution in [1.29, 1.82) is 0 Å². The van der Waals surface area contributed by atoms with Crippen LogP contribution in [0.1, 0.15) is 80.4 Å². The van der Waals surface area contributed by atoms with Crippen LogP contribution in [0.2, 0.25) is 0 Å². The zero-order chi connectivity index (χ0) is 42.1. The van der Waals surface area contributed by atoms with E-state index in [4.69, 9.17) is 5.10 Å². The van der Waals surface area contributed by atoms with Gasteiger partial charge in [-0.1, -0.05) is 30.3 Å². The second-order valence-corrected chi connectivity index (χ2v) is 21.0. The third-order valence-electron chi connectivity index (χ3n) is 18.3. The number of H-pyrrole nitrogens is 3. The Morgan fingerprint density at radius 3 is 1.64 bits per heavy atom. The Morgan fingerprint density at radius 1 is 0.484 bits per heavy atom. The quantitative estimate of drug-likeness (QED) is 0.227. The van der Waals surface area contributed by atoms with Crippen LogP contribution in [-0.4, -0.2) is 161 Å². The van der Waals surface area contributed by atoms with Gasteiger partial charge in [0, 0.05) is 98.7 Å². The topological polar surface area (TPSA) is 157 Å². The lowest BCUT2D eigenvalue weighted by Crippen LogP contribution is -2.55. The molecule has 6 aromatic rings. The molecule has 12 saturated heterocycles. The summed E-state index contributed by atoms with van der Waals surface area (Å²) in [5.41, 5.74) is 6.77.